The molecule has 0 aromatic carbocycles. The molecule has 1 aromatic heterocycles. The van der Waals surface area contributed by atoms with E-state index in [2.05, 4.69) is 9.98 Å². The minimum atomic E-state index is 0.609. The number of nitrogens with one attached hydrogen (secondary N) is 1. The Bertz CT molecular complexity index is 307. The van der Waals surface area contributed by atoms with Gasteiger partial charge in [0.25, 0.3) is 0 Å². The number of nitrogens with zero attached hydrogens (tertiary/aromatic N) is 1. The summed E-state index contributed by atoms with van der Waals surface area (Å²) in [6, 6.07) is 3.86. The lowest BCUT2D eigenvalue weighted by Gasteiger charge is -2.04. The summed E-state index contributed by atoms with van der Waals surface area (Å²) >= 11 is 0. The summed E-state index contributed by atoms with van der Waals surface area (Å²) in [6.45, 7) is 2.56. The lowest BCUT2D eigenvalue weighted by Crippen LogP contribution is -2.65. The molecule has 0 bridgehead atoms. The lowest BCUT2D eigenvalue weighted by atomic mass is 10.3. The summed E-state index contributed by atoms with van der Waals surface area (Å²) in [4.78, 5) is 7.29. The molecule has 3 nitrogen and oxygen atoms in total. The van der Waals surface area contributed by atoms with Crippen LogP contribution in [0.15, 0.2) is 12.1 Å². The minimum absolute atomic E-state index is 0.609. The highest BCUT2D eigenvalue weighted by atomic mass is 16.5. The molecule has 56 valence electrons. The molecule has 2 rings (SSSR count). The van der Waals surface area contributed by atoms with Crippen molar-refractivity contribution in [3.05, 3.63) is 17.8 Å². The monoisotopic (exact) mass is 149 g/mol. The average molecular weight is 149 g/mol. The molecule has 3 heteroatoms. The van der Waals surface area contributed by atoms with Gasteiger partial charge in [-0.1, -0.05) is 0 Å². The molecule has 0 saturated heterocycles. The fourth-order valence-electron chi connectivity index (χ4n) is 1.03. The zero-order chi connectivity index (χ0) is 7.68. The Morgan fingerprint density at radius 1 is 1.55 bits per heavy atom. The van der Waals surface area contributed by atoms with Crippen LogP contribution in [-0.2, 0) is 0 Å². The smallest absolute Gasteiger partial charge is 0.363 e. The molecule has 1 aliphatic rings. The number of ether oxygens (including phenoxy) is 1. The second-order valence-corrected chi connectivity index (χ2v) is 2.46. The van der Waals surface area contributed by atoms with Crippen LogP contribution in [-0.4, -0.2) is 17.8 Å². The number of hydrogen-bond acceptors (Lipinski definition) is 2. The summed E-state index contributed by atoms with van der Waals surface area (Å²) in [5.74, 6) is 1.65. The highest BCUT2D eigenvalue weighted by Crippen LogP contribution is 2.17. The number of rotatable bonds is 0. The first-order chi connectivity index (χ1) is 5.36. The van der Waals surface area contributed by atoms with Gasteiger partial charge in [-0.2, -0.15) is 0 Å². The molecular weight excluding hydrogens is 140 g/mol. The first-order valence-corrected chi connectivity index (χ1v) is 3.55. The van der Waals surface area contributed by atoms with Gasteiger partial charge in [-0.3, -0.25) is 0 Å². The van der Waals surface area contributed by atoms with Gasteiger partial charge in [0.15, 0.2) is 0 Å². The molecule has 0 amide bonds. The van der Waals surface area contributed by atoms with E-state index in [1.807, 2.05) is 25.3 Å². The molecule has 1 aromatic rings. The SMILES string of the molecule is Cc1ccc2c(n1)[NH+]=CCO2. The van der Waals surface area contributed by atoms with Crippen molar-refractivity contribution in [2.45, 2.75) is 6.92 Å². The predicted molar refractivity (Wildman–Crippen MR) is 41.2 cm³/mol. The number of fused-ring (bicyclic) bond motifs is 1. The summed E-state index contributed by atoms with van der Waals surface area (Å²) in [6.07, 6.45) is 1.84. The van der Waals surface area contributed by atoms with Crippen LogP contribution in [0.4, 0.5) is 5.82 Å². The van der Waals surface area contributed by atoms with Gasteiger partial charge >= 0.3 is 5.82 Å². The van der Waals surface area contributed by atoms with E-state index in [9.17, 15) is 0 Å². The molecule has 1 aliphatic heterocycles. The third-order valence-electron chi connectivity index (χ3n) is 1.56. The maximum Gasteiger partial charge on any atom is 0.363 e. The highest BCUT2D eigenvalue weighted by Gasteiger charge is 2.14. The van der Waals surface area contributed by atoms with Crippen LogP contribution in [0.5, 0.6) is 5.75 Å². The third kappa shape index (κ3) is 1.09. The number of hydrogen-bond donors (Lipinski definition) is 1. The first-order valence-electron chi connectivity index (χ1n) is 3.55. The summed E-state index contributed by atoms with van der Waals surface area (Å²) in [5.41, 5.74) is 0.996. The second-order valence-electron chi connectivity index (χ2n) is 2.46. The Morgan fingerprint density at radius 2 is 2.45 bits per heavy atom. The third-order valence-corrected chi connectivity index (χ3v) is 1.56. The maximum absolute atomic E-state index is 5.30. The van der Waals surface area contributed by atoms with Crippen LogP contribution >= 0.6 is 0 Å². The molecule has 0 fully saturated rings. The Kier molecular flexibility index (Phi) is 1.35. The molecule has 0 aliphatic carbocycles. The van der Waals surface area contributed by atoms with Crippen LogP contribution in [0, 0.1) is 6.92 Å². The van der Waals surface area contributed by atoms with Gasteiger partial charge in [0, 0.05) is 6.92 Å². The van der Waals surface area contributed by atoms with Crippen molar-refractivity contribution in [1.29, 1.82) is 0 Å². The van der Waals surface area contributed by atoms with Crippen molar-refractivity contribution in [1.82, 2.24) is 4.98 Å². The molecule has 1 N–H and O–H groups in total. The molecule has 2 heterocycles. The van der Waals surface area contributed by atoms with Crippen molar-refractivity contribution in [3.63, 3.8) is 0 Å². The molecule has 0 unspecified atom stereocenters. The minimum Gasteiger partial charge on any atom is -0.478 e. The van der Waals surface area contributed by atoms with Gasteiger partial charge in [-0.25, -0.2) is 4.99 Å². The van der Waals surface area contributed by atoms with Gasteiger partial charge < -0.3 is 4.74 Å². The van der Waals surface area contributed by atoms with Gasteiger partial charge in [0.1, 0.15) is 18.5 Å². The average Bonchev–Trinajstić information content (AvgIpc) is 2.04. The van der Waals surface area contributed by atoms with Crippen LogP contribution in [0.2, 0.25) is 0 Å². The van der Waals surface area contributed by atoms with Crippen molar-refractivity contribution in [3.8, 4) is 5.75 Å². The van der Waals surface area contributed by atoms with E-state index in [1.54, 1.807) is 0 Å². The molecule has 11 heavy (non-hydrogen) atoms. The van der Waals surface area contributed by atoms with E-state index >= 15 is 0 Å². The van der Waals surface area contributed by atoms with Gasteiger partial charge in [0.2, 0.25) is 5.75 Å². The topological polar surface area (TPSA) is 36.1 Å². The van der Waals surface area contributed by atoms with E-state index in [0.29, 0.717) is 6.61 Å². The van der Waals surface area contributed by atoms with Crippen LogP contribution in [0.3, 0.4) is 0 Å². The van der Waals surface area contributed by atoms with Crippen molar-refractivity contribution < 1.29 is 9.73 Å². The van der Waals surface area contributed by atoms with Gasteiger partial charge in [-0.15, -0.1) is 0 Å². The number of aromatic nitrogens is 1. The van der Waals surface area contributed by atoms with Gasteiger partial charge in [-0.05, 0) is 17.1 Å². The molecule has 0 atom stereocenters. The van der Waals surface area contributed by atoms with Crippen molar-refractivity contribution in [2.75, 3.05) is 6.61 Å². The van der Waals surface area contributed by atoms with E-state index in [4.69, 9.17) is 4.74 Å². The zero-order valence-electron chi connectivity index (χ0n) is 6.29. The Morgan fingerprint density at radius 3 is 3.36 bits per heavy atom. The van der Waals surface area contributed by atoms with Crippen molar-refractivity contribution >= 4 is 12.0 Å². The first kappa shape index (κ1) is 6.34. The quantitative estimate of drug-likeness (QED) is 0.543. The maximum atomic E-state index is 5.30. The Balaban J connectivity index is 2.54. The van der Waals surface area contributed by atoms with Crippen LogP contribution in [0.25, 0.3) is 0 Å². The molecule has 0 spiro atoms. The summed E-state index contributed by atoms with van der Waals surface area (Å²) < 4.78 is 5.30. The van der Waals surface area contributed by atoms with E-state index in [0.717, 1.165) is 17.3 Å². The lowest BCUT2D eigenvalue weighted by molar-refractivity contribution is -0.360. The van der Waals surface area contributed by atoms with Crippen molar-refractivity contribution in [2.24, 2.45) is 0 Å². The fourth-order valence-corrected chi connectivity index (χ4v) is 1.03. The van der Waals surface area contributed by atoms with E-state index < -0.39 is 0 Å². The Hall–Kier alpha value is -1.38. The standard InChI is InChI=1S/C8H8N2O/c1-6-2-3-7-8(10-6)9-4-5-11-7/h2-4H,5H2,1H3/p+1. The predicted octanol–water partition coefficient (Wildman–Crippen LogP) is -0.435. The number of aryl methyl sites for hydroxylation is 1. The number of pyridine rings is 1. The zero-order valence-corrected chi connectivity index (χ0v) is 6.29. The molecule has 0 radical (unpaired) electrons. The van der Waals surface area contributed by atoms with Crippen LogP contribution in [0.1, 0.15) is 5.69 Å². The Labute approximate surface area is 64.7 Å². The molecule has 0 saturated carbocycles. The molecular formula is C8H9N2O+. The van der Waals surface area contributed by atoms with Gasteiger partial charge in [0.05, 0.1) is 0 Å². The normalized spacial score (nSPS) is 13.9. The second kappa shape index (κ2) is 2.34. The summed E-state index contributed by atoms with van der Waals surface area (Å²) in [5, 5.41) is 0. The summed E-state index contributed by atoms with van der Waals surface area (Å²) in [7, 11) is 0. The highest BCUT2D eigenvalue weighted by molar-refractivity contribution is 5.57. The van der Waals surface area contributed by atoms with Crippen LogP contribution < -0.4 is 9.73 Å². The largest absolute Gasteiger partial charge is 0.478 e. The fraction of sp³-hybridized carbons (Fsp3) is 0.250. The van der Waals surface area contributed by atoms with E-state index in [-0.39, 0.29) is 0 Å². The van der Waals surface area contributed by atoms with E-state index in [1.165, 1.54) is 0 Å².